The van der Waals surface area contributed by atoms with Crippen LogP contribution in [0.3, 0.4) is 0 Å². The predicted molar refractivity (Wildman–Crippen MR) is 63.9 cm³/mol. The average Bonchev–Trinajstić information content (AvgIpc) is 2.63. The molecule has 2 aromatic carbocycles. The molecule has 1 nitrogen and oxygen atoms in total. The molecule has 0 saturated carbocycles. The molecule has 0 unspecified atom stereocenters. The number of benzene rings is 2. The van der Waals surface area contributed by atoms with E-state index in [4.69, 9.17) is 4.43 Å². The fourth-order valence-corrected chi connectivity index (χ4v) is 4.35. The zero-order chi connectivity index (χ0) is 10.3. The van der Waals surface area contributed by atoms with Gasteiger partial charge >= 0.3 is 0 Å². The molecular weight excluding hydrogens is 200 g/mol. The molecule has 15 heavy (non-hydrogen) atoms. The van der Waals surface area contributed by atoms with Crippen LogP contribution in [0.25, 0.3) is 11.1 Å². The van der Waals surface area contributed by atoms with E-state index < -0.39 is 9.04 Å². The molecule has 1 radical (unpaired) electrons. The first-order valence-electron chi connectivity index (χ1n) is 5.02. The van der Waals surface area contributed by atoms with Gasteiger partial charge in [-0.2, -0.15) is 0 Å². The summed E-state index contributed by atoms with van der Waals surface area (Å²) in [4.78, 5) is 0. The second-order valence-electron chi connectivity index (χ2n) is 3.62. The van der Waals surface area contributed by atoms with Crippen molar-refractivity contribution in [3.8, 4) is 11.1 Å². The van der Waals surface area contributed by atoms with Crippen molar-refractivity contribution in [1.29, 1.82) is 0 Å². The highest BCUT2D eigenvalue weighted by Gasteiger charge is 2.30. The van der Waals surface area contributed by atoms with Crippen LogP contribution in [0.2, 0.25) is 0 Å². The average molecular weight is 211 g/mol. The van der Waals surface area contributed by atoms with Crippen LogP contribution in [0.5, 0.6) is 0 Å². The molecule has 2 heteroatoms. The smallest absolute Gasteiger partial charge is 0.283 e. The Kier molecular flexibility index (Phi) is 1.97. The molecule has 0 aliphatic carbocycles. The molecule has 0 spiro atoms. The highest BCUT2D eigenvalue weighted by Crippen LogP contribution is 2.22. The maximum atomic E-state index is 5.67. The lowest BCUT2D eigenvalue weighted by Crippen LogP contribution is -2.39. The van der Waals surface area contributed by atoms with E-state index in [9.17, 15) is 0 Å². The Morgan fingerprint density at radius 1 is 0.800 bits per heavy atom. The summed E-state index contributed by atoms with van der Waals surface area (Å²) < 4.78 is 5.67. The van der Waals surface area contributed by atoms with Gasteiger partial charge in [-0.1, -0.05) is 48.5 Å². The van der Waals surface area contributed by atoms with E-state index in [1.54, 1.807) is 0 Å². The summed E-state index contributed by atoms with van der Waals surface area (Å²) in [5, 5.41) is 2.76. The van der Waals surface area contributed by atoms with E-state index in [0.29, 0.717) is 0 Å². The van der Waals surface area contributed by atoms with Crippen molar-refractivity contribution in [2.24, 2.45) is 0 Å². The minimum Gasteiger partial charge on any atom is -0.411 e. The maximum absolute atomic E-state index is 5.67. The molecule has 0 fully saturated rings. The van der Waals surface area contributed by atoms with Gasteiger partial charge in [-0.25, -0.2) is 0 Å². The first-order valence-corrected chi connectivity index (χ1v) is 6.43. The molecule has 0 amide bonds. The molecule has 0 aromatic heterocycles. The lowest BCUT2D eigenvalue weighted by molar-refractivity contribution is 0.440. The van der Waals surface area contributed by atoms with E-state index in [-0.39, 0.29) is 0 Å². The van der Waals surface area contributed by atoms with Gasteiger partial charge in [0.2, 0.25) is 0 Å². The monoisotopic (exact) mass is 211 g/mol. The second-order valence-corrected chi connectivity index (χ2v) is 5.77. The highest BCUT2D eigenvalue weighted by atomic mass is 28.3. The molecule has 1 aliphatic rings. The third kappa shape index (κ3) is 1.19. The van der Waals surface area contributed by atoms with Gasteiger partial charge in [0.15, 0.2) is 0 Å². The van der Waals surface area contributed by atoms with E-state index in [0.717, 1.165) is 0 Å². The fourth-order valence-electron chi connectivity index (χ4n) is 2.20. The summed E-state index contributed by atoms with van der Waals surface area (Å²) in [6.07, 6.45) is 0. The standard InChI is InChI=1S/C13H11OSi/c1-14-15-12-8-4-2-6-10(12)11-7-3-5-9-13(11)15/h2-9H,1H3. The van der Waals surface area contributed by atoms with E-state index in [1.165, 1.54) is 21.5 Å². The zero-order valence-corrected chi connectivity index (χ0v) is 9.53. The van der Waals surface area contributed by atoms with Gasteiger partial charge < -0.3 is 4.43 Å². The van der Waals surface area contributed by atoms with Crippen LogP contribution >= 0.6 is 0 Å². The van der Waals surface area contributed by atoms with Crippen LogP contribution < -0.4 is 10.4 Å². The molecule has 0 saturated heterocycles. The summed E-state index contributed by atoms with van der Waals surface area (Å²) in [6, 6.07) is 17.1. The van der Waals surface area contributed by atoms with Crippen molar-refractivity contribution < 1.29 is 4.43 Å². The van der Waals surface area contributed by atoms with Crippen molar-refractivity contribution in [2.45, 2.75) is 0 Å². The van der Waals surface area contributed by atoms with Gasteiger partial charge in [-0.15, -0.1) is 0 Å². The number of rotatable bonds is 1. The van der Waals surface area contributed by atoms with Crippen molar-refractivity contribution in [3.63, 3.8) is 0 Å². The Labute approximate surface area is 91.1 Å². The normalized spacial score (nSPS) is 13.7. The van der Waals surface area contributed by atoms with Crippen LogP contribution in [0.1, 0.15) is 0 Å². The van der Waals surface area contributed by atoms with Gasteiger partial charge in [0.05, 0.1) is 0 Å². The summed E-state index contributed by atoms with van der Waals surface area (Å²) in [7, 11) is 0.848. The van der Waals surface area contributed by atoms with Gasteiger partial charge in [0.1, 0.15) is 0 Å². The molecule has 1 heterocycles. The Hall–Kier alpha value is -1.38. The van der Waals surface area contributed by atoms with Crippen LogP contribution in [-0.4, -0.2) is 16.2 Å². The number of fused-ring (bicyclic) bond motifs is 3. The molecule has 3 rings (SSSR count). The molecule has 1 aliphatic heterocycles. The Balaban J connectivity index is 2.31. The van der Waals surface area contributed by atoms with Crippen LogP contribution in [0.15, 0.2) is 48.5 Å². The van der Waals surface area contributed by atoms with Gasteiger partial charge in [-0.3, -0.25) is 0 Å². The molecule has 0 N–H and O–H groups in total. The predicted octanol–water partition coefficient (Wildman–Crippen LogP) is 1.42. The van der Waals surface area contributed by atoms with Gasteiger partial charge in [-0.05, 0) is 21.5 Å². The van der Waals surface area contributed by atoms with Crippen molar-refractivity contribution in [2.75, 3.05) is 7.11 Å². The summed E-state index contributed by atoms with van der Waals surface area (Å²) in [5.74, 6) is 0. The largest absolute Gasteiger partial charge is 0.411 e. The molecule has 0 atom stereocenters. The molecule has 73 valence electrons. The van der Waals surface area contributed by atoms with Gasteiger partial charge in [0.25, 0.3) is 9.04 Å². The van der Waals surface area contributed by atoms with E-state index in [2.05, 4.69) is 48.5 Å². The lowest BCUT2D eigenvalue weighted by Gasteiger charge is -2.06. The zero-order valence-electron chi connectivity index (χ0n) is 8.53. The van der Waals surface area contributed by atoms with Crippen molar-refractivity contribution >= 4 is 19.4 Å². The SMILES string of the molecule is CO[Si]1c2ccccc2-c2ccccc21. The first kappa shape index (κ1) is 8.89. The van der Waals surface area contributed by atoms with Crippen LogP contribution in [0.4, 0.5) is 0 Å². The van der Waals surface area contributed by atoms with E-state index >= 15 is 0 Å². The van der Waals surface area contributed by atoms with Crippen LogP contribution in [0, 0.1) is 0 Å². The first-order chi connectivity index (χ1) is 7.42. The van der Waals surface area contributed by atoms with Crippen LogP contribution in [-0.2, 0) is 4.43 Å². The Morgan fingerprint density at radius 2 is 1.27 bits per heavy atom. The van der Waals surface area contributed by atoms with Crippen molar-refractivity contribution in [3.05, 3.63) is 48.5 Å². The highest BCUT2D eigenvalue weighted by molar-refractivity contribution is 6.84. The quantitative estimate of drug-likeness (QED) is 0.648. The Bertz CT molecular complexity index is 462. The number of hydrogen-bond donors (Lipinski definition) is 0. The second kappa shape index (κ2) is 3.33. The van der Waals surface area contributed by atoms with E-state index in [1.807, 2.05) is 7.11 Å². The van der Waals surface area contributed by atoms with Crippen molar-refractivity contribution in [1.82, 2.24) is 0 Å². The maximum Gasteiger partial charge on any atom is 0.283 e. The fraction of sp³-hybridized carbons (Fsp3) is 0.0769. The topological polar surface area (TPSA) is 9.23 Å². The number of hydrogen-bond acceptors (Lipinski definition) is 1. The summed E-state index contributed by atoms with van der Waals surface area (Å²) >= 11 is 0. The third-order valence-corrected chi connectivity index (χ3v) is 5.10. The lowest BCUT2D eigenvalue weighted by atomic mass is 10.1. The minimum absolute atomic E-state index is 0.965. The van der Waals surface area contributed by atoms with Gasteiger partial charge in [0, 0.05) is 7.11 Å². The summed E-state index contributed by atoms with van der Waals surface area (Å²) in [6.45, 7) is 0. The molecular formula is C13H11OSi. The minimum atomic E-state index is -0.965. The Morgan fingerprint density at radius 3 is 1.73 bits per heavy atom. The third-order valence-electron chi connectivity index (χ3n) is 2.84. The summed E-state index contributed by atoms with van der Waals surface area (Å²) in [5.41, 5.74) is 2.70. The molecule has 0 bridgehead atoms. The molecule has 2 aromatic rings.